The molecule has 0 aromatic carbocycles. The van der Waals surface area contributed by atoms with Crippen molar-refractivity contribution in [2.75, 3.05) is 25.0 Å². The predicted octanol–water partition coefficient (Wildman–Crippen LogP) is 4.18. The first-order valence-electron chi connectivity index (χ1n) is 8.38. The normalized spacial score (nSPS) is 26.4. The molecule has 3 nitrogen and oxygen atoms in total. The van der Waals surface area contributed by atoms with Gasteiger partial charge in [-0.1, -0.05) is 30.9 Å². The molecule has 0 radical (unpaired) electrons. The van der Waals surface area contributed by atoms with Crippen LogP contribution in [0.15, 0.2) is 12.1 Å². The van der Waals surface area contributed by atoms with Gasteiger partial charge in [0.15, 0.2) is 0 Å². The summed E-state index contributed by atoms with van der Waals surface area (Å²) in [5.41, 5.74) is 1.02. The van der Waals surface area contributed by atoms with Gasteiger partial charge in [0, 0.05) is 19.6 Å². The number of hydrogen-bond donors (Lipinski definition) is 1. The lowest BCUT2D eigenvalue weighted by atomic mass is 9.75. The summed E-state index contributed by atoms with van der Waals surface area (Å²) in [5.74, 6) is 2.82. The van der Waals surface area contributed by atoms with Gasteiger partial charge in [-0.2, -0.15) is 0 Å². The second kappa shape index (κ2) is 6.97. The minimum absolute atomic E-state index is 0.794. The third-order valence-corrected chi connectivity index (χ3v) is 5.37. The first-order chi connectivity index (χ1) is 10.3. The number of fused-ring (bicyclic) bond motifs is 1. The summed E-state index contributed by atoms with van der Waals surface area (Å²) in [4.78, 5) is 7.23. The van der Waals surface area contributed by atoms with Gasteiger partial charge in [0.25, 0.3) is 0 Å². The van der Waals surface area contributed by atoms with Gasteiger partial charge >= 0.3 is 0 Å². The smallest absolute Gasteiger partial charge is 0.126 e. The molecule has 2 heterocycles. The second-order valence-corrected chi connectivity index (χ2v) is 6.89. The Hall–Kier alpha value is -0.800. The van der Waals surface area contributed by atoms with E-state index < -0.39 is 0 Å². The molecule has 2 atom stereocenters. The van der Waals surface area contributed by atoms with E-state index in [2.05, 4.69) is 22.1 Å². The van der Waals surface area contributed by atoms with Gasteiger partial charge in [0.05, 0.1) is 10.7 Å². The van der Waals surface area contributed by atoms with Gasteiger partial charge in [0.2, 0.25) is 0 Å². The average Bonchev–Trinajstić information content (AvgIpc) is 2.51. The van der Waals surface area contributed by atoms with Gasteiger partial charge in [-0.15, -0.1) is 0 Å². The van der Waals surface area contributed by atoms with Gasteiger partial charge in [0.1, 0.15) is 5.82 Å². The summed E-state index contributed by atoms with van der Waals surface area (Å²) in [6.07, 6.45) is 7.09. The van der Waals surface area contributed by atoms with Crippen LogP contribution in [-0.2, 0) is 6.54 Å². The Morgan fingerprint density at radius 3 is 2.86 bits per heavy atom. The summed E-state index contributed by atoms with van der Waals surface area (Å²) in [6.45, 7) is 6.30. The van der Waals surface area contributed by atoms with Crippen LogP contribution < -0.4 is 5.32 Å². The number of piperidine rings is 1. The maximum Gasteiger partial charge on any atom is 0.126 e. The van der Waals surface area contributed by atoms with E-state index >= 15 is 0 Å². The molecule has 1 N–H and O–H groups in total. The molecule has 0 amide bonds. The molecule has 21 heavy (non-hydrogen) atoms. The van der Waals surface area contributed by atoms with E-state index in [1.807, 2.05) is 12.1 Å². The molecule has 0 bridgehead atoms. The standard InChI is InChI=1S/C17H26ClN3/c1-2-19-17-8-7-15(18)16(20-17)12-21-10-9-13-5-3-4-6-14(13)11-21/h7-8,13-14H,2-6,9-12H2,1H3,(H,19,20). The zero-order valence-corrected chi connectivity index (χ0v) is 13.7. The molecule has 1 aromatic heterocycles. The Labute approximate surface area is 133 Å². The fraction of sp³-hybridized carbons (Fsp3) is 0.706. The van der Waals surface area contributed by atoms with E-state index in [1.54, 1.807) is 0 Å². The third-order valence-electron chi connectivity index (χ3n) is 5.03. The van der Waals surface area contributed by atoms with E-state index in [0.29, 0.717) is 0 Å². The first kappa shape index (κ1) is 15.1. The number of pyridine rings is 1. The van der Waals surface area contributed by atoms with Crippen LogP contribution in [0.1, 0.15) is 44.7 Å². The van der Waals surface area contributed by atoms with Crippen LogP contribution in [0.4, 0.5) is 5.82 Å². The Balaban J connectivity index is 1.64. The molecule has 2 aliphatic rings. The van der Waals surface area contributed by atoms with E-state index in [-0.39, 0.29) is 0 Å². The van der Waals surface area contributed by atoms with E-state index in [0.717, 1.165) is 41.5 Å². The van der Waals surface area contributed by atoms with Crippen molar-refractivity contribution in [2.45, 2.75) is 45.6 Å². The van der Waals surface area contributed by atoms with Crippen molar-refractivity contribution < 1.29 is 0 Å². The second-order valence-electron chi connectivity index (χ2n) is 6.48. The van der Waals surface area contributed by atoms with Gasteiger partial charge in [-0.05, 0) is 50.3 Å². The monoisotopic (exact) mass is 307 g/mol. The van der Waals surface area contributed by atoms with Crippen molar-refractivity contribution in [3.8, 4) is 0 Å². The van der Waals surface area contributed by atoms with Crippen molar-refractivity contribution in [3.63, 3.8) is 0 Å². The zero-order chi connectivity index (χ0) is 14.7. The number of likely N-dealkylation sites (tertiary alicyclic amines) is 1. The number of rotatable bonds is 4. The lowest BCUT2D eigenvalue weighted by Gasteiger charge is -2.41. The molecular weight excluding hydrogens is 282 g/mol. The Bertz CT molecular complexity index is 477. The number of hydrogen-bond acceptors (Lipinski definition) is 3. The van der Waals surface area contributed by atoms with Crippen LogP contribution in [0.5, 0.6) is 0 Å². The Morgan fingerprint density at radius 1 is 1.24 bits per heavy atom. The number of anilines is 1. The lowest BCUT2D eigenvalue weighted by Crippen LogP contribution is -2.41. The van der Waals surface area contributed by atoms with E-state index in [4.69, 9.17) is 11.6 Å². The van der Waals surface area contributed by atoms with Gasteiger partial charge < -0.3 is 5.32 Å². The molecule has 1 aliphatic carbocycles. The highest BCUT2D eigenvalue weighted by Gasteiger charge is 2.31. The van der Waals surface area contributed by atoms with Crippen molar-refractivity contribution in [3.05, 3.63) is 22.8 Å². The predicted molar refractivity (Wildman–Crippen MR) is 88.8 cm³/mol. The van der Waals surface area contributed by atoms with Crippen LogP contribution in [0.25, 0.3) is 0 Å². The molecule has 3 rings (SSSR count). The molecule has 2 unspecified atom stereocenters. The quantitative estimate of drug-likeness (QED) is 0.904. The number of nitrogens with one attached hydrogen (secondary N) is 1. The van der Waals surface area contributed by atoms with Crippen LogP contribution in [-0.4, -0.2) is 29.5 Å². The number of nitrogens with zero attached hydrogens (tertiary/aromatic N) is 2. The molecule has 1 saturated heterocycles. The molecular formula is C17H26ClN3. The molecule has 116 valence electrons. The maximum atomic E-state index is 6.34. The summed E-state index contributed by atoms with van der Waals surface area (Å²) >= 11 is 6.34. The summed E-state index contributed by atoms with van der Waals surface area (Å²) < 4.78 is 0. The molecule has 1 aliphatic heterocycles. The van der Waals surface area contributed by atoms with Crippen LogP contribution in [0.3, 0.4) is 0 Å². The highest BCUT2D eigenvalue weighted by Crippen LogP contribution is 2.36. The maximum absolute atomic E-state index is 6.34. The van der Waals surface area contributed by atoms with Crippen LogP contribution in [0.2, 0.25) is 5.02 Å². The summed E-state index contributed by atoms with van der Waals surface area (Å²) in [7, 11) is 0. The molecule has 4 heteroatoms. The number of aromatic nitrogens is 1. The highest BCUT2D eigenvalue weighted by molar-refractivity contribution is 6.31. The van der Waals surface area contributed by atoms with Gasteiger partial charge in [-0.3, -0.25) is 4.90 Å². The fourth-order valence-electron chi connectivity index (χ4n) is 3.91. The SMILES string of the molecule is CCNc1ccc(Cl)c(CN2CCC3CCCCC3C2)n1. The van der Waals surface area contributed by atoms with Crippen LogP contribution >= 0.6 is 11.6 Å². The van der Waals surface area contributed by atoms with Crippen LogP contribution in [0, 0.1) is 11.8 Å². The fourth-order valence-corrected chi connectivity index (χ4v) is 4.07. The topological polar surface area (TPSA) is 28.2 Å². The molecule has 2 fully saturated rings. The Kier molecular flexibility index (Phi) is 5.02. The number of halogens is 1. The first-order valence-corrected chi connectivity index (χ1v) is 8.75. The summed E-state index contributed by atoms with van der Waals surface area (Å²) in [5, 5.41) is 4.06. The zero-order valence-electron chi connectivity index (χ0n) is 12.9. The third kappa shape index (κ3) is 3.70. The average molecular weight is 308 g/mol. The largest absolute Gasteiger partial charge is 0.370 e. The van der Waals surface area contributed by atoms with Gasteiger partial charge in [-0.25, -0.2) is 4.98 Å². The van der Waals surface area contributed by atoms with E-state index in [9.17, 15) is 0 Å². The highest BCUT2D eigenvalue weighted by atomic mass is 35.5. The molecule has 1 saturated carbocycles. The van der Waals surface area contributed by atoms with Crippen molar-refractivity contribution >= 4 is 17.4 Å². The lowest BCUT2D eigenvalue weighted by molar-refractivity contribution is 0.0813. The minimum atomic E-state index is 0.794. The molecule has 0 spiro atoms. The van der Waals surface area contributed by atoms with Crippen molar-refractivity contribution in [2.24, 2.45) is 11.8 Å². The molecule has 1 aromatic rings. The van der Waals surface area contributed by atoms with Crippen molar-refractivity contribution in [1.82, 2.24) is 9.88 Å². The Morgan fingerprint density at radius 2 is 2.05 bits per heavy atom. The minimum Gasteiger partial charge on any atom is -0.370 e. The van der Waals surface area contributed by atoms with E-state index in [1.165, 1.54) is 45.2 Å². The summed E-state index contributed by atoms with van der Waals surface area (Å²) in [6, 6.07) is 3.93. The van der Waals surface area contributed by atoms with Crippen molar-refractivity contribution in [1.29, 1.82) is 0 Å².